The van der Waals surface area contributed by atoms with Crippen LogP contribution in [0.5, 0.6) is 0 Å². The lowest BCUT2D eigenvalue weighted by Gasteiger charge is -2.30. The Bertz CT molecular complexity index is 353. The molecule has 2 unspecified atom stereocenters. The van der Waals surface area contributed by atoms with E-state index < -0.39 is 0 Å². The highest BCUT2D eigenvalue weighted by Crippen LogP contribution is 2.28. The van der Waals surface area contributed by atoms with Gasteiger partial charge in [0.05, 0.1) is 0 Å². The first-order valence-electron chi connectivity index (χ1n) is 8.43. The Hall–Kier alpha value is -0.810. The molecule has 1 saturated carbocycles. The van der Waals surface area contributed by atoms with Crippen molar-refractivity contribution < 1.29 is 9.59 Å². The van der Waals surface area contributed by atoms with Crippen LogP contribution in [-0.4, -0.2) is 30.9 Å². The Morgan fingerprint density at radius 3 is 2.50 bits per heavy atom. The largest absolute Gasteiger partial charge is 0.370 e. The van der Waals surface area contributed by atoms with Gasteiger partial charge in [0.25, 0.3) is 0 Å². The number of hydrogen-bond acceptors (Lipinski definition) is 3. The Kier molecular flexibility index (Phi) is 8.79. The lowest BCUT2D eigenvalue weighted by Crippen LogP contribution is -2.43. The van der Waals surface area contributed by atoms with Crippen molar-refractivity contribution in [1.82, 2.24) is 10.6 Å². The third kappa shape index (κ3) is 6.53. The number of nitrogens with one attached hydrogen (secondary N) is 2. The van der Waals surface area contributed by atoms with Gasteiger partial charge >= 0.3 is 0 Å². The van der Waals surface area contributed by atoms with E-state index in [1.165, 1.54) is 25.7 Å². The van der Waals surface area contributed by atoms with Crippen LogP contribution in [-0.2, 0) is 9.59 Å². The summed E-state index contributed by atoms with van der Waals surface area (Å²) in [5.41, 5.74) is 5.35. The van der Waals surface area contributed by atoms with E-state index in [1.54, 1.807) is 0 Å². The van der Waals surface area contributed by atoms with Crippen LogP contribution in [0.3, 0.4) is 0 Å². The van der Waals surface area contributed by atoms with Gasteiger partial charge in [-0.1, -0.05) is 19.3 Å². The molecule has 2 fully saturated rings. The molecule has 2 aliphatic rings. The maximum atomic E-state index is 12.2. The van der Waals surface area contributed by atoms with E-state index in [0.29, 0.717) is 18.3 Å². The molecule has 0 radical (unpaired) electrons. The summed E-state index contributed by atoms with van der Waals surface area (Å²) in [5.74, 6) is 0.813. The summed E-state index contributed by atoms with van der Waals surface area (Å²) in [6, 6.07) is -0.0583. The number of carbonyl (C=O) groups is 2. The summed E-state index contributed by atoms with van der Waals surface area (Å²) < 4.78 is 0. The second-order valence-electron chi connectivity index (χ2n) is 6.64. The molecule has 0 spiro atoms. The molecule has 1 aliphatic heterocycles. The van der Waals surface area contributed by atoms with Crippen molar-refractivity contribution in [3.8, 4) is 0 Å². The van der Waals surface area contributed by atoms with E-state index in [1.807, 2.05) is 0 Å². The van der Waals surface area contributed by atoms with Crippen molar-refractivity contribution >= 4 is 24.2 Å². The average molecular weight is 332 g/mol. The Balaban J connectivity index is 0.00000242. The van der Waals surface area contributed by atoms with Crippen LogP contribution >= 0.6 is 12.4 Å². The minimum atomic E-state index is -0.314. The quantitative estimate of drug-likeness (QED) is 0.664. The maximum Gasteiger partial charge on any atom is 0.220 e. The fourth-order valence-electron chi connectivity index (χ4n) is 3.66. The second-order valence-corrected chi connectivity index (χ2v) is 6.64. The molecule has 5 nitrogen and oxygen atoms in total. The van der Waals surface area contributed by atoms with Gasteiger partial charge in [-0.2, -0.15) is 0 Å². The third-order valence-corrected chi connectivity index (χ3v) is 4.93. The predicted octanol–water partition coefficient (Wildman–Crippen LogP) is 1.74. The predicted molar refractivity (Wildman–Crippen MR) is 89.8 cm³/mol. The number of halogens is 1. The fraction of sp³-hybridized carbons (Fsp3) is 0.875. The molecule has 0 bridgehead atoms. The van der Waals surface area contributed by atoms with Crippen molar-refractivity contribution in [1.29, 1.82) is 0 Å². The van der Waals surface area contributed by atoms with Gasteiger partial charge in [-0.3, -0.25) is 9.59 Å². The summed E-state index contributed by atoms with van der Waals surface area (Å²) in [7, 11) is 0. The molecule has 128 valence electrons. The van der Waals surface area contributed by atoms with Gasteiger partial charge in [0.2, 0.25) is 11.8 Å². The Morgan fingerprint density at radius 2 is 1.91 bits per heavy atom. The minimum Gasteiger partial charge on any atom is -0.370 e. The molecular formula is C16H30ClN3O2. The Labute approximate surface area is 139 Å². The van der Waals surface area contributed by atoms with E-state index in [2.05, 4.69) is 10.6 Å². The van der Waals surface area contributed by atoms with Crippen molar-refractivity contribution in [2.24, 2.45) is 17.6 Å². The molecule has 0 aromatic rings. The zero-order valence-corrected chi connectivity index (χ0v) is 14.1. The standard InChI is InChI=1S/C16H29N3O2.ClH/c17-15(20)10-14(13-4-2-1-3-5-13)19-16(21)7-6-12-8-9-18-11-12;/h12-14,18H,1-11H2,(H2,17,20)(H,19,21);1H. The highest BCUT2D eigenvalue weighted by atomic mass is 35.5. The first kappa shape index (κ1) is 19.2. The molecule has 1 aliphatic carbocycles. The van der Waals surface area contributed by atoms with Crippen LogP contribution in [0.2, 0.25) is 0 Å². The van der Waals surface area contributed by atoms with Crippen molar-refractivity contribution in [3.63, 3.8) is 0 Å². The minimum absolute atomic E-state index is 0. The topological polar surface area (TPSA) is 84.2 Å². The van der Waals surface area contributed by atoms with E-state index >= 15 is 0 Å². The van der Waals surface area contributed by atoms with Crippen LogP contribution in [0, 0.1) is 11.8 Å². The zero-order chi connectivity index (χ0) is 15.1. The number of rotatable bonds is 7. The van der Waals surface area contributed by atoms with Crippen LogP contribution in [0.25, 0.3) is 0 Å². The first-order valence-corrected chi connectivity index (χ1v) is 8.43. The molecular weight excluding hydrogens is 302 g/mol. The highest BCUT2D eigenvalue weighted by molar-refractivity contribution is 5.85. The number of nitrogens with two attached hydrogens (primary N) is 1. The number of amides is 2. The number of primary amides is 1. The van der Waals surface area contributed by atoms with E-state index in [9.17, 15) is 9.59 Å². The molecule has 1 heterocycles. The molecule has 2 rings (SSSR count). The van der Waals surface area contributed by atoms with Gasteiger partial charge < -0.3 is 16.4 Å². The van der Waals surface area contributed by atoms with Gasteiger partial charge in [-0.15, -0.1) is 12.4 Å². The van der Waals surface area contributed by atoms with Crippen LogP contribution < -0.4 is 16.4 Å². The SMILES string of the molecule is Cl.NC(=O)CC(NC(=O)CCC1CCNC1)C1CCCCC1. The second kappa shape index (κ2) is 10.1. The summed E-state index contributed by atoms with van der Waals surface area (Å²) in [5, 5.41) is 6.40. The van der Waals surface area contributed by atoms with Gasteiger partial charge in [-0.25, -0.2) is 0 Å². The Morgan fingerprint density at radius 1 is 1.18 bits per heavy atom. The molecule has 2 atom stereocenters. The summed E-state index contributed by atoms with van der Waals surface area (Å²) in [6.45, 7) is 2.10. The fourth-order valence-corrected chi connectivity index (χ4v) is 3.66. The normalized spacial score (nSPS) is 23.5. The van der Waals surface area contributed by atoms with E-state index in [-0.39, 0.29) is 36.7 Å². The van der Waals surface area contributed by atoms with Crippen molar-refractivity contribution in [2.45, 2.75) is 63.8 Å². The number of hydrogen-bond donors (Lipinski definition) is 3. The lowest BCUT2D eigenvalue weighted by atomic mass is 9.82. The summed E-state index contributed by atoms with van der Waals surface area (Å²) in [4.78, 5) is 23.4. The average Bonchev–Trinajstić information content (AvgIpc) is 2.98. The third-order valence-electron chi connectivity index (χ3n) is 4.93. The van der Waals surface area contributed by atoms with Gasteiger partial charge in [0.1, 0.15) is 0 Å². The van der Waals surface area contributed by atoms with Crippen LogP contribution in [0.4, 0.5) is 0 Å². The molecule has 4 N–H and O–H groups in total. The van der Waals surface area contributed by atoms with Crippen LogP contribution in [0.15, 0.2) is 0 Å². The number of carbonyl (C=O) groups excluding carboxylic acids is 2. The monoisotopic (exact) mass is 331 g/mol. The molecule has 0 aromatic carbocycles. The molecule has 6 heteroatoms. The first-order chi connectivity index (χ1) is 10.1. The highest BCUT2D eigenvalue weighted by Gasteiger charge is 2.26. The lowest BCUT2D eigenvalue weighted by molar-refractivity contribution is -0.123. The van der Waals surface area contributed by atoms with Crippen LogP contribution in [0.1, 0.15) is 57.8 Å². The van der Waals surface area contributed by atoms with Crippen molar-refractivity contribution in [2.75, 3.05) is 13.1 Å². The maximum absolute atomic E-state index is 12.2. The van der Waals surface area contributed by atoms with E-state index in [0.717, 1.165) is 32.4 Å². The van der Waals surface area contributed by atoms with Gasteiger partial charge in [-0.05, 0) is 50.6 Å². The summed E-state index contributed by atoms with van der Waals surface area (Å²) in [6.07, 6.45) is 8.81. The van der Waals surface area contributed by atoms with Gasteiger partial charge in [0, 0.05) is 18.9 Å². The molecule has 22 heavy (non-hydrogen) atoms. The molecule has 0 aromatic heterocycles. The van der Waals surface area contributed by atoms with E-state index in [4.69, 9.17) is 5.73 Å². The smallest absolute Gasteiger partial charge is 0.220 e. The molecule has 2 amide bonds. The zero-order valence-electron chi connectivity index (χ0n) is 13.3. The summed E-state index contributed by atoms with van der Waals surface area (Å²) >= 11 is 0. The van der Waals surface area contributed by atoms with Crippen molar-refractivity contribution in [3.05, 3.63) is 0 Å². The van der Waals surface area contributed by atoms with Gasteiger partial charge in [0.15, 0.2) is 0 Å². The molecule has 1 saturated heterocycles.